The average molecular weight is 431 g/mol. The second-order valence-electron chi connectivity index (χ2n) is 6.91. The Morgan fingerprint density at radius 2 is 1.67 bits per heavy atom. The zero-order valence-electron chi connectivity index (χ0n) is 17.8. The van der Waals surface area contributed by atoms with Crippen molar-refractivity contribution in [3.8, 4) is 0 Å². The number of benzene rings is 2. The van der Waals surface area contributed by atoms with Crippen molar-refractivity contribution in [2.75, 3.05) is 32.9 Å². The summed E-state index contributed by atoms with van der Waals surface area (Å²) in [5.74, 6) is 0.549. The van der Waals surface area contributed by atoms with Crippen molar-refractivity contribution in [1.29, 1.82) is 0 Å². The van der Waals surface area contributed by atoms with E-state index in [0.29, 0.717) is 36.9 Å². The van der Waals surface area contributed by atoms with Crippen LogP contribution in [0.4, 0.5) is 0 Å². The number of nitrogens with zero attached hydrogens (tertiary/aromatic N) is 2. The van der Waals surface area contributed by atoms with Crippen molar-refractivity contribution in [1.82, 2.24) is 15.5 Å². The number of aliphatic imine (C=N–C) groups is 1. The third-order valence-electron chi connectivity index (χ3n) is 4.64. The van der Waals surface area contributed by atoms with Crippen molar-refractivity contribution in [2.45, 2.75) is 24.8 Å². The van der Waals surface area contributed by atoms with Gasteiger partial charge in [0.15, 0.2) is 15.8 Å². The maximum Gasteiger partial charge on any atom is 0.242 e. The third kappa shape index (κ3) is 7.51. The number of amides is 1. The highest BCUT2D eigenvalue weighted by Crippen LogP contribution is 2.10. The standard InChI is InChI=1S/C22H30N4O3S/c1-4-26(17-19-8-6-5-7-9-19)21(27)16-25-22(23-2)24-15-14-18-10-12-20(13-11-18)30(3,28)29/h5-13H,4,14-17H2,1-3H3,(H2,23,24,25). The van der Waals surface area contributed by atoms with Gasteiger partial charge in [0.25, 0.3) is 0 Å². The molecule has 30 heavy (non-hydrogen) atoms. The lowest BCUT2D eigenvalue weighted by Gasteiger charge is -2.22. The Balaban J connectivity index is 1.79. The van der Waals surface area contributed by atoms with Crippen LogP contribution >= 0.6 is 0 Å². The first-order valence-corrected chi connectivity index (χ1v) is 11.8. The molecule has 0 aliphatic carbocycles. The fourth-order valence-corrected chi connectivity index (χ4v) is 3.53. The lowest BCUT2D eigenvalue weighted by atomic mass is 10.1. The van der Waals surface area contributed by atoms with Gasteiger partial charge < -0.3 is 15.5 Å². The van der Waals surface area contributed by atoms with E-state index in [4.69, 9.17) is 0 Å². The van der Waals surface area contributed by atoms with E-state index in [9.17, 15) is 13.2 Å². The summed E-state index contributed by atoms with van der Waals surface area (Å²) in [4.78, 5) is 18.8. The SMILES string of the molecule is CCN(Cc1ccccc1)C(=O)CNC(=NC)NCCc1ccc(S(C)(=O)=O)cc1. The Labute approximate surface area is 179 Å². The molecule has 8 heteroatoms. The molecule has 0 spiro atoms. The summed E-state index contributed by atoms with van der Waals surface area (Å²) < 4.78 is 23.0. The van der Waals surface area contributed by atoms with Gasteiger partial charge in [0.1, 0.15) is 0 Å². The molecule has 0 saturated carbocycles. The quantitative estimate of drug-likeness (QED) is 0.468. The number of sulfone groups is 1. The predicted octanol–water partition coefficient (Wildman–Crippen LogP) is 1.85. The number of guanidine groups is 1. The molecule has 2 rings (SSSR count). The first kappa shape index (κ1) is 23.4. The topological polar surface area (TPSA) is 90.9 Å². The van der Waals surface area contributed by atoms with Crippen molar-refractivity contribution in [3.05, 3.63) is 65.7 Å². The first-order valence-electron chi connectivity index (χ1n) is 9.88. The predicted molar refractivity (Wildman–Crippen MR) is 120 cm³/mol. The van der Waals surface area contributed by atoms with Gasteiger partial charge in [-0.1, -0.05) is 42.5 Å². The number of hydrogen-bond donors (Lipinski definition) is 2. The van der Waals surface area contributed by atoms with E-state index in [1.54, 1.807) is 36.2 Å². The second-order valence-corrected chi connectivity index (χ2v) is 8.93. The Hall–Kier alpha value is -2.87. The van der Waals surface area contributed by atoms with Gasteiger partial charge in [-0.05, 0) is 36.6 Å². The molecule has 0 atom stereocenters. The molecule has 0 fully saturated rings. The molecule has 0 radical (unpaired) electrons. The van der Waals surface area contributed by atoms with Gasteiger partial charge in [-0.25, -0.2) is 8.42 Å². The third-order valence-corrected chi connectivity index (χ3v) is 5.77. The van der Waals surface area contributed by atoms with Crippen molar-refractivity contribution < 1.29 is 13.2 Å². The Morgan fingerprint density at radius 3 is 2.23 bits per heavy atom. The van der Waals surface area contributed by atoms with E-state index >= 15 is 0 Å². The Morgan fingerprint density at radius 1 is 1.00 bits per heavy atom. The molecule has 1 amide bonds. The van der Waals surface area contributed by atoms with E-state index in [0.717, 1.165) is 11.1 Å². The van der Waals surface area contributed by atoms with Crippen LogP contribution in [0.3, 0.4) is 0 Å². The first-order chi connectivity index (χ1) is 14.3. The number of rotatable bonds is 9. The molecule has 0 aromatic heterocycles. The molecule has 2 N–H and O–H groups in total. The van der Waals surface area contributed by atoms with Crippen LogP contribution in [-0.2, 0) is 27.6 Å². The summed E-state index contributed by atoms with van der Waals surface area (Å²) in [6, 6.07) is 16.7. The van der Waals surface area contributed by atoms with Crippen LogP contribution in [0.2, 0.25) is 0 Å². The molecular weight excluding hydrogens is 400 g/mol. The zero-order chi connectivity index (χ0) is 22.0. The second kappa shape index (κ2) is 11.3. The molecular formula is C22H30N4O3S. The molecule has 0 aliphatic rings. The zero-order valence-corrected chi connectivity index (χ0v) is 18.6. The maximum atomic E-state index is 12.5. The highest BCUT2D eigenvalue weighted by molar-refractivity contribution is 7.90. The molecule has 162 valence electrons. The monoisotopic (exact) mass is 430 g/mol. The summed E-state index contributed by atoms with van der Waals surface area (Å²) >= 11 is 0. The van der Waals surface area contributed by atoms with Gasteiger partial charge in [-0.15, -0.1) is 0 Å². The molecule has 0 heterocycles. The summed E-state index contributed by atoms with van der Waals surface area (Å²) in [5.41, 5.74) is 2.11. The molecule has 2 aromatic carbocycles. The van der Waals surface area contributed by atoms with E-state index in [2.05, 4.69) is 15.6 Å². The van der Waals surface area contributed by atoms with Gasteiger partial charge >= 0.3 is 0 Å². The van der Waals surface area contributed by atoms with E-state index in [1.807, 2.05) is 37.3 Å². The highest BCUT2D eigenvalue weighted by atomic mass is 32.2. The summed E-state index contributed by atoms with van der Waals surface area (Å²) in [5, 5.41) is 6.23. The van der Waals surface area contributed by atoms with Crippen LogP contribution in [0.15, 0.2) is 64.5 Å². The normalized spacial score (nSPS) is 11.8. The highest BCUT2D eigenvalue weighted by Gasteiger charge is 2.12. The average Bonchev–Trinajstić information content (AvgIpc) is 2.74. The number of carbonyl (C=O) groups is 1. The van der Waals surface area contributed by atoms with Crippen molar-refractivity contribution in [2.24, 2.45) is 4.99 Å². The Kier molecular flexibility index (Phi) is 8.86. The van der Waals surface area contributed by atoms with E-state index in [1.165, 1.54) is 6.26 Å². The van der Waals surface area contributed by atoms with Gasteiger partial charge in [-0.3, -0.25) is 9.79 Å². The summed E-state index contributed by atoms with van der Waals surface area (Å²) in [6.45, 7) is 3.93. The minimum absolute atomic E-state index is 0.000617. The summed E-state index contributed by atoms with van der Waals surface area (Å²) in [6.07, 6.45) is 1.90. The molecule has 7 nitrogen and oxygen atoms in total. The van der Waals surface area contributed by atoms with Crippen molar-refractivity contribution in [3.63, 3.8) is 0 Å². The van der Waals surface area contributed by atoms with Crippen LogP contribution in [0.1, 0.15) is 18.1 Å². The van der Waals surface area contributed by atoms with Crippen LogP contribution in [0.5, 0.6) is 0 Å². The largest absolute Gasteiger partial charge is 0.356 e. The number of likely N-dealkylation sites (N-methyl/N-ethyl adjacent to an activating group) is 1. The minimum Gasteiger partial charge on any atom is -0.356 e. The van der Waals surface area contributed by atoms with E-state index in [-0.39, 0.29) is 12.5 Å². The maximum absolute atomic E-state index is 12.5. The fraction of sp³-hybridized carbons (Fsp3) is 0.364. The number of hydrogen-bond acceptors (Lipinski definition) is 4. The van der Waals surface area contributed by atoms with Gasteiger partial charge in [0.2, 0.25) is 5.91 Å². The lowest BCUT2D eigenvalue weighted by Crippen LogP contribution is -2.44. The van der Waals surface area contributed by atoms with Crippen LogP contribution in [-0.4, -0.2) is 58.1 Å². The summed E-state index contributed by atoms with van der Waals surface area (Å²) in [7, 11) is -1.53. The Bertz CT molecular complexity index is 942. The molecule has 0 saturated heterocycles. The van der Waals surface area contributed by atoms with Gasteiger partial charge in [0.05, 0.1) is 11.4 Å². The fourth-order valence-electron chi connectivity index (χ4n) is 2.90. The van der Waals surface area contributed by atoms with Gasteiger partial charge in [-0.2, -0.15) is 0 Å². The minimum atomic E-state index is -3.18. The smallest absolute Gasteiger partial charge is 0.242 e. The molecule has 0 bridgehead atoms. The van der Waals surface area contributed by atoms with Crippen LogP contribution in [0.25, 0.3) is 0 Å². The van der Waals surface area contributed by atoms with Crippen molar-refractivity contribution >= 4 is 21.7 Å². The molecule has 0 aliphatic heterocycles. The number of carbonyl (C=O) groups excluding carboxylic acids is 1. The van der Waals surface area contributed by atoms with Gasteiger partial charge in [0, 0.05) is 32.9 Å². The van der Waals surface area contributed by atoms with Crippen LogP contribution < -0.4 is 10.6 Å². The number of nitrogens with one attached hydrogen (secondary N) is 2. The lowest BCUT2D eigenvalue weighted by molar-refractivity contribution is -0.130. The van der Waals surface area contributed by atoms with Crippen LogP contribution in [0, 0.1) is 0 Å². The molecule has 2 aromatic rings. The molecule has 0 unspecified atom stereocenters. The van der Waals surface area contributed by atoms with E-state index < -0.39 is 9.84 Å².